The number of aromatic nitrogens is 1. The van der Waals surface area contributed by atoms with Gasteiger partial charge in [0.25, 0.3) is 11.8 Å². The van der Waals surface area contributed by atoms with Crippen molar-refractivity contribution < 1.29 is 9.59 Å². The highest BCUT2D eigenvalue weighted by atomic mass is 79.9. The molecule has 5 heteroatoms. The number of nitrogens with zero attached hydrogens (tertiary/aromatic N) is 2. The van der Waals surface area contributed by atoms with Crippen LogP contribution in [0.4, 0.5) is 5.82 Å². The molecule has 20 heavy (non-hydrogen) atoms. The number of anilines is 1. The van der Waals surface area contributed by atoms with E-state index in [4.69, 9.17) is 0 Å². The number of fused-ring (bicyclic) bond motifs is 1. The zero-order valence-corrected chi connectivity index (χ0v) is 12.3. The first kappa shape index (κ1) is 13.0. The number of amides is 2. The van der Waals surface area contributed by atoms with Crippen LogP contribution in [-0.4, -0.2) is 16.8 Å². The molecule has 0 radical (unpaired) electrons. The maximum atomic E-state index is 12.3. The molecule has 1 aromatic carbocycles. The number of rotatable bonds is 2. The van der Waals surface area contributed by atoms with Gasteiger partial charge in [-0.2, -0.15) is 0 Å². The molecule has 2 amide bonds. The number of benzene rings is 1. The van der Waals surface area contributed by atoms with E-state index in [1.54, 1.807) is 36.5 Å². The summed E-state index contributed by atoms with van der Waals surface area (Å²) in [6, 6.07) is 10.4. The molecule has 0 bridgehead atoms. The number of hydrogen-bond donors (Lipinski definition) is 0. The molecule has 2 aromatic rings. The molecule has 2 heterocycles. The Morgan fingerprint density at radius 3 is 2.25 bits per heavy atom. The fraction of sp³-hybridized carbons (Fsp3) is 0.133. The number of imide groups is 1. The highest BCUT2D eigenvalue weighted by Gasteiger charge is 2.37. The van der Waals surface area contributed by atoms with Crippen LogP contribution < -0.4 is 4.90 Å². The summed E-state index contributed by atoms with van der Waals surface area (Å²) < 4.78 is 0. The normalized spacial score (nSPS) is 15.4. The quantitative estimate of drug-likeness (QED) is 0.626. The molecular formula is C15H11BrN2O2. The lowest BCUT2D eigenvalue weighted by Gasteiger charge is -2.14. The lowest BCUT2D eigenvalue weighted by atomic mass is 10.1. The average molecular weight is 331 g/mol. The van der Waals surface area contributed by atoms with Gasteiger partial charge >= 0.3 is 0 Å². The van der Waals surface area contributed by atoms with Crippen LogP contribution in [-0.2, 0) is 0 Å². The number of halogens is 1. The Bertz CT molecular complexity index is 678. The van der Waals surface area contributed by atoms with Crippen LogP contribution in [0.15, 0.2) is 42.6 Å². The highest BCUT2D eigenvalue weighted by Crippen LogP contribution is 2.29. The minimum absolute atomic E-state index is 0.124. The molecule has 0 spiro atoms. The highest BCUT2D eigenvalue weighted by molar-refractivity contribution is 9.09. The monoisotopic (exact) mass is 330 g/mol. The third-order valence-electron chi connectivity index (χ3n) is 3.25. The summed E-state index contributed by atoms with van der Waals surface area (Å²) in [7, 11) is 0. The Kier molecular flexibility index (Phi) is 3.14. The number of hydrogen-bond acceptors (Lipinski definition) is 3. The van der Waals surface area contributed by atoms with Crippen LogP contribution in [0.1, 0.15) is 38.0 Å². The van der Waals surface area contributed by atoms with Gasteiger partial charge < -0.3 is 0 Å². The summed E-state index contributed by atoms with van der Waals surface area (Å²) in [5.74, 6) is -0.282. The average Bonchev–Trinajstić information content (AvgIpc) is 2.72. The van der Waals surface area contributed by atoms with E-state index in [0.29, 0.717) is 16.9 Å². The lowest BCUT2D eigenvalue weighted by Crippen LogP contribution is -2.30. The standard InChI is InChI=1S/C15H11BrN2O2/c1-9(16)10-6-7-17-13(8-10)18-14(19)11-4-2-3-5-12(11)15(18)20/h2-9H,1H3. The molecule has 1 aliphatic rings. The topological polar surface area (TPSA) is 50.3 Å². The molecule has 3 rings (SSSR count). The summed E-state index contributed by atoms with van der Waals surface area (Å²) in [4.78, 5) is 30.1. The van der Waals surface area contributed by atoms with E-state index in [1.807, 2.05) is 13.0 Å². The van der Waals surface area contributed by atoms with Crippen LogP contribution in [0.25, 0.3) is 0 Å². The van der Waals surface area contributed by atoms with Crippen molar-refractivity contribution in [2.75, 3.05) is 4.90 Å². The number of pyridine rings is 1. The van der Waals surface area contributed by atoms with Gasteiger partial charge in [-0.15, -0.1) is 0 Å². The van der Waals surface area contributed by atoms with Crippen molar-refractivity contribution >= 4 is 33.6 Å². The van der Waals surface area contributed by atoms with Gasteiger partial charge in [0.2, 0.25) is 0 Å². The summed E-state index contributed by atoms with van der Waals surface area (Å²) >= 11 is 3.47. The largest absolute Gasteiger partial charge is 0.268 e. The van der Waals surface area contributed by atoms with Crippen molar-refractivity contribution in [3.05, 3.63) is 59.3 Å². The number of alkyl halides is 1. The van der Waals surface area contributed by atoms with Crippen molar-refractivity contribution in [1.82, 2.24) is 4.98 Å². The smallest absolute Gasteiger partial charge is 0.267 e. The number of carbonyl (C=O) groups is 2. The first-order valence-electron chi connectivity index (χ1n) is 6.17. The molecule has 4 nitrogen and oxygen atoms in total. The first-order valence-corrected chi connectivity index (χ1v) is 7.09. The van der Waals surface area contributed by atoms with Crippen LogP contribution in [0.3, 0.4) is 0 Å². The van der Waals surface area contributed by atoms with Crippen LogP contribution in [0.2, 0.25) is 0 Å². The Morgan fingerprint density at radius 2 is 1.70 bits per heavy atom. The van der Waals surface area contributed by atoms with Gasteiger partial charge in [0.1, 0.15) is 5.82 Å². The Balaban J connectivity index is 2.07. The first-order chi connectivity index (χ1) is 9.59. The van der Waals surface area contributed by atoms with Crippen LogP contribution >= 0.6 is 15.9 Å². The second-order valence-corrected chi connectivity index (χ2v) is 5.93. The van der Waals surface area contributed by atoms with Crippen molar-refractivity contribution in [3.63, 3.8) is 0 Å². The molecule has 0 saturated heterocycles. The van der Waals surface area contributed by atoms with Gasteiger partial charge in [0.15, 0.2) is 0 Å². The summed E-state index contributed by atoms with van der Waals surface area (Å²) in [5.41, 5.74) is 1.82. The van der Waals surface area contributed by atoms with Crippen molar-refractivity contribution in [2.24, 2.45) is 0 Å². The Labute approximate surface area is 124 Å². The molecule has 1 aliphatic heterocycles. The predicted octanol–water partition coefficient (Wildman–Crippen LogP) is 3.34. The maximum Gasteiger partial charge on any atom is 0.267 e. The Hall–Kier alpha value is -2.01. The van der Waals surface area contributed by atoms with Crippen LogP contribution in [0.5, 0.6) is 0 Å². The third kappa shape index (κ3) is 1.94. The van der Waals surface area contributed by atoms with E-state index in [0.717, 1.165) is 10.5 Å². The SMILES string of the molecule is CC(Br)c1ccnc(N2C(=O)c3ccccc3C2=O)c1. The van der Waals surface area contributed by atoms with Gasteiger partial charge in [-0.05, 0) is 36.8 Å². The third-order valence-corrected chi connectivity index (χ3v) is 3.78. The Morgan fingerprint density at radius 1 is 1.10 bits per heavy atom. The lowest BCUT2D eigenvalue weighted by molar-refractivity contribution is 0.0925. The van der Waals surface area contributed by atoms with Gasteiger partial charge in [-0.3, -0.25) is 9.59 Å². The maximum absolute atomic E-state index is 12.3. The van der Waals surface area contributed by atoms with Crippen LogP contribution in [0, 0.1) is 0 Å². The fourth-order valence-electron chi connectivity index (χ4n) is 2.20. The van der Waals surface area contributed by atoms with E-state index in [-0.39, 0.29) is 16.6 Å². The second kappa shape index (κ2) is 4.83. The summed E-state index contributed by atoms with van der Waals surface area (Å²) in [5, 5.41) is 0. The summed E-state index contributed by atoms with van der Waals surface area (Å²) in [6.07, 6.45) is 1.60. The molecular weight excluding hydrogens is 320 g/mol. The molecule has 0 saturated carbocycles. The molecule has 1 aromatic heterocycles. The molecule has 1 atom stereocenters. The molecule has 0 aliphatic carbocycles. The number of carbonyl (C=O) groups excluding carboxylic acids is 2. The van der Waals surface area contributed by atoms with Crippen molar-refractivity contribution in [2.45, 2.75) is 11.8 Å². The van der Waals surface area contributed by atoms with Gasteiger partial charge in [-0.25, -0.2) is 9.88 Å². The van der Waals surface area contributed by atoms with Gasteiger partial charge in [-0.1, -0.05) is 28.1 Å². The zero-order valence-electron chi connectivity index (χ0n) is 10.7. The minimum atomic E-state index is -0.322. The predicted molar refractivity (Wildman–Crippen MR) is 79.2 cm³/mol. The molecule has 100 valence electrons. The van der Waals surface area contributed by atoms with E-state index >= 15 is 0 Å². The van der Waals surface area contributed by atoms with E-state index in [2.05, 4.69) is 20.9 Å². The van der Waals surface area contributed by atoms with E-state index in [9.17, 15) is 9.59 Å². The second-order valence-electron chi connectivity index (χ2n) is 4.55. The van der Waals surface area contributed by atoms with E-state index in [1.165, 1.54) is 0 Å². The van der Waals surface area contributed by atoms with Gasteiger partial charge in [0.05, 0.1) is 11.1 Å². The van der Waals surface area contributed by atoms with Crippen molar-refractivity contribution in [3.8, 4) is 0 Å². The fourth-order valence-corrected chi connectivity index (χ4v) is 2.49. The zero-order chi connectivity index (χ0) is 14.3. The minimum Gasteiger partial charge on any atom is -0.268 e. The molecule has 0 N–H and O–H groups in total. The summed E-state index contributed by atoms with van der Waals surface area (Å²) in [6.45, 7) is 1.97. The van der Waals surface area contributed by atoms with Gasteiger partial charge in [0, 0.05) is 11.0 Å². The van der Waals surface area contributed by atoms with Crippen molar-refractivity contribution in [1.29, 1.82) is 0 Å². The molecule has 1 unspecified atom stereocenters. The molecule has 0 fully saturated rings. The van der Waals surface area contributed by atoms with E-state index < -0.39 is 0 Å².